The topological polar surface area (TPSA) is 29.1 Å². The smallest absolute Gasteiger partial charge is 0.220 e. The SMILES string of the molecule is CCCCCCCCCCNC(=O)CC12CC3CC(CC(C3)C1)C2. The van der Waals surface area contributed by atoms with Gasteiger partial charge in [-0.3, -0.25) is 4.79 Å². The van der Waals surface area contributed by atoms with Crippen LogP contribution >= 0.6 is 0 Å². The lowest BCUT2D eigenvalue weighted by Crippen LogP contribution is -2.48. The predicted molar refractivity (Wildman–Crippen MR) is 101 cm³/mol. The molecule has 138 valence electrons. The number of rotatable bonds is 11. The second-order valence-electron chi connectivity index (χ2n) is 9.42. The van der Waals surface area contributed by atoms with Gasteiger partial charge in [-0.2, -0.15) is 0 Å². The van der Waals surface area contributed by atoms with Crippen LogP contribution in [-0.4, -0.2) is 12.5 Å². The van der Waals surface area contributed by atoms with Crippen molar-refractivity contribution >= 4 is 5.91 Å². The zero-order valence-electron chi connectivity index (χ0n) is 16.0. The van der Waals surface area contributed by atoms with Crippen molar-refractivity contribution in [2.24, 2.45) is 23.2 Å². The maximum atomic E-state index is 12.4. The van der Waals surface area contributed by atoms with E-state index in [9.17, 15) is 4.79 Å². The molecule has 4 saturated carbocycles. The second-order valence-corrected chi connectivity index (χ2v) is 9.42. The second kappa shape index (κ2) is 8.72. The summed E-state index contributed by atoms with van der Waals surface area (Å²) < 4.78 is 0. The Balaban J connectivity index is 1.26. The van der Waals surface area contributed by atoms with E-state index < -0.39 is 0 Å². The summed E-state index contributed by atoms with van der Waals surface area (Å²) in [6, 6.07) is 0. The van der Waals surface area contributed by atoms with E-state index in [1.54, 1.807) is 0 Å². The molecule has 4 fully saturated rings. The molecule has 2 heteroatoms. The van der Waals surface area contributed by atoms with Crippen LogP contribution in [0.5, 0.6) is 0 Å². The molecule has 0 radical (unpaired) electrons. The van der Waals surface area contributed by atoms with Gasteiger partial charge in [0.05, 0.1) is 0 Å². The van der Waals surface area contributed by atoms with E-state index in [4.69, 9.17) is 0 Å². The van der Waals surface area contributed by atoms with Crippen LogP contribution in [-0.2, 0) is 4.79 Å². The van der Waals surface area contributed by atoms with Gasteiger partial charge in [-0.15, -0.1) is 0 Å². The third-order valence-corrected chi connectivity index (χ3v) is 7.05. The van der Waals surface area contributed by atoms with Crippen molar-refractivity contribution in [1.82, 2.24) is 5.32 Å². The van der Waals surface area contributed by atoms with Crippen molar-refractivity contribution in [2.75, 3.05) is 6.54 Å². The van der Waals surface area contributed by atoms with Gasteiger partial charge in [0.2, 0.25) is 5.91 Å². The van der Waals surface area contributed by atoms with Crippen molar-refractivity contribution in [3.05, 3.63) is 0 Å². The molecular formula is C22H39NO. The molecule has 4 bridgehead atoms. The molecule has 0 aliphatic heterocycles. The largest absolute Gasteiger partial charge is 0.356 e. The van der Waals surface area contributed by atoms with Crippen LogP contribution in [0.1, 0.15) is 103 Å². The quantitative estimate of drug-likeness (QED) is 0.472. The number of hydrogen-bond acceptors (Lipinski definition) is 1. The Morgan fingerprint density at radius 3 is 1.88 bits per heavy atom. The van der Waals surface area contributed by atoms with E-state index in [-0.39, 0.29) is 0 Å². The fraction of sp³-hybridized carbons (Fsp3) is 0.955. The zero-order valence-corrected chi connectivity index (χ0v) is 16.0. The van der Waals surface area contributed by atoms with Crippen molar-refractivity contribution < 1.29 is 4.79 Å². The van der Waals surface area contributed by atoms with Crippen LogP contribution in [0.3, 0.4) is 0 Å². The number of carbonyl (C=O) groups excluding carboxylic acids is 1. The fourth-order valence-electron chi connectivity index (χ4n) is 6.40. The van der Waals surface area contributed by atoms with Crippen molar-refractivity contribution in [3.8, 4) is 0 Å². The Labute approximate surface area is 149 Å². The zero-order chi connectivity index (χ0) is 16.8. The Morgan fingerprint density at radius 2 is 1.33 bits per heavy atom. The lowest BCUT2D eigenvalue weighted by atomic mass is 9.49. The van der Waals surface area contributed by atoms with E-state index in [0.717, 1.165) is 30.7 Å². The molecule has 0 aromatic rings. The van der Waals surface area contributed by atoms with E-state index in [1.165, 1.54) is 89.9 Å². The van der Waals surface area contributed by atoms with Crippen molar-refractivity contribution in [3.63, 3.8) is 0 Å². The Bertz CT molecular complexity index is 367. The molecule has 0 atom stereocenters. The fourth-order valence-corrected chi connectivity index (χ4v) is 6.40. The first-order valence-electron chi connectivity index (χ1n) is 11.0. The summed E-state index contributed by atoms with van der Waals surface area (Å²) in [7, 11) is 0. The molecule has 4 rings (SSSR count). The third kappa shape index (κ3) is 4.99. The highest BCUT2D eigenvalue weighted by atomic mass is 16.1. The molecule has 0 heterocycles. The monoisotopic (exact) mass is 333 g/mol. The minimum atomic E-state index is 0.347. The van der Waals surface area contributed by atoms with Crippen LogP contribution in [0.25, 0.3) is 0 Å². The standard InChI is InChI=1S/C22H39NO/c1-2-3-4-5-6-7-8-9-10-23-21(24)17-22-14-18-11-19(15-22)13-20(12-18)16-22/h18-20H,2-17H2,1H3,(H,23,24). The molecule has 4 aliphatic carbocycles. The molecule has 1 amide bonds. The molecule has 0 unspecified atom stereocenters. The molecule has 0 aromatic carbocycles. The highest BCUT2D eigenvalue weighted by Gasteiger charge is 2.51. The molecule has 0 spiro atoms. The maximum absolute atomic E-state index is 12.4. The van der Waals surface area contributed by atoms with Crippen molar-refractivity contribution in [2.45, 2.75) is 103 Å². The maximum Gasteiger partial charge on any atom is 0.220 e. The molecule has 1 N–H and O–H groups in total. The van der Waals surface area contributed by atoms with Crippen LogP contribution in [0.4, 0.5) is 0 Å². The van der Waals surface area contributed by atoms with E-state index in [1.807, 2.05) is 0 Å². The number of unbranched alkanes of at least 4 members (excludes halogenated alkanes) is 7. The lowest BCUT2D eigenvalue weighted by Gasteiger charge is -2.56. The number of hydrogen-bond donors (Lipinski definition) is 1. The molecule has 24 heavy (non-hydrogen) atoms. The van der Waals surface area contributed by atoms with E-state index >= 15 is 0 Å². The molecule has 4 aliphatic rings. The van der Waals surface area contributed by atoms with Crippen LogP contribution in [0.2, 0.25) is 0 Å². The first-order chi connectivity index (χ1) is 11.7. The van der Waals surface area contributed by atoms with Gasteiger partial charge < -0.3 is 5.32 Å². The number of carbonyl (C=O) groups is 1. The summed E-state index contributed by atoms with van der Waals surface area (Å²) >= 11 is 0. The Morgan fingerprint density at radius 1 is 0.833 bits per heavy atom. The van der Waals surface area contributed by atoms with Gasteiger partial charge in [-0.1, -0.05) is 51.9 Å². The predicted octanol–water partition coefficient (Wildman–Crippen LogP) is 5.85. The summed E-state index contributed by atoms with van der Waals surface area (Å²) in [5.41, 5.74) is 0.401. The third-order valence-electron chi connectivity index (χ3n) is 7.05. The molecule has 2 nitrogen and oxygen atoms in total. The van der Waals surface area contributed by atoms with Gasteiger partial charge in [0.25, 0.3) is 0 Å². The Kier molecular flexibility index (Phi) is 6.63. The van der Waals surface area contributed by atoms with Crippen molar-refractivity contribution in [1.29, 1.82) is 0 Å². The lowest BCUT2D eigenvalue weighted by molar-refractivity contribution is -0.129. The average Bonchev–Trinajstić information content (AvgIpc) is 2.51. The molecule has 0 aromatic heterocycles. The minimum absolute atomic E-state index is 0.347. The van der Waals surface area contributed by atoms with Gasteiger partial charge in [-0.25, -0.2) is 0 Å². The van der Waals surface area contributed by atoms with E-state index in [0.29, 0.717) is 11.3 Å². The first kappa shape index (κ1) is 18.3. The van der Waals surface area contributed by atoms with E-state index in [2.05, 4.69) is 12.2 Å². The van der Waals surface area contributed by atoms with Gasteiger partial charge in [0.1, 0.15) is 0 Å². The minimum Gasteiger partial charge on any atom is -0.356 e. The van der Waals surface area contributed by atoms with Gasteiger partial charge in [0.15, 0.2) is 0 Å². The average molecular weight is 334 g/mol. The Hall–Kier alpha value is -0.530. The molecule has 0 saturated heterocycles. The molecular weight excluding hydrogens is 294 g/mol. The highest BCUT2D eigenvalue weighted by molar-refractivity contribution is 5.76. The summed E-state index contributed by atoms with van der Waals surface area (Å²) in [5.74, 6) is 3.21. The number of amides is 1. The van der Waals surface area contributed by atoms with Gasteiger partial charge >= 0.3 is 0 Å². The summed E-state index contributed by atoms with van der Waals surface area (Å²) in [5, 5.41) is 3.23. The normalized spacial score (nSPS) is 33.8. The van der Waals surface area contributed by atoms with Gasteiger partial charge in [-0.05, 0) is 68.1 Å². The number of nitrogens with one attached hydrogen (secondary N) is 1. The first-order valence-corrected chi connectivity index (χ1v) is 11.0. The summed E-state index contributed by atoms with van der Waals surface area (Å²) in [6.07, 6.45) is 20.0. The van der Waals surface area contributed by atoms with Gasteiger partial charge in [0, 0.05) is 13.0 Å². The van der Waals surface area contributed by atoms with Crippen LogP contribution in [0, 0.1) is 23.2 Å². The summed E-state index contributed by atoms with van der Waals surface area (Å²) in [6.45, 7) is 3.17. The van der Waals surface area contributed by atoms with Crippen LogP contribution in [0.15, 0.2) is 0 Å². The highest BCUT2D eigenvalue weighted by Crippen LogP contribution is 2.61. The summed E-state index contributed by atoms with van der Waals surface area (Å²) in [4.78, 5) is 12.4. The van der Waals surface area contributed by atoms with Crippen LogP contribution < -0.4 is 5.32 Å².